The van der Waals surface area contributed by atoms with Gasteiger partial charge in [0.05, 0.1) is 18.5 Å². The predicted octanol–water partition coefficient (Wildman–Crippen LogP) is 1.19. The zero-order valence-electron chi connectivity index (χ0n) is 9.27. The van der Waals surface area contributed by atoms with E-state index in [4.69, 9.17) is 9.84 Å². The van der Waals surface area contributed by atoms with Crippen LogP contribution in [-0.2, 0) is 4.79 Å². The number of anilines is 1. The standard InChI is InChI=1S/C11H16N2O3/c1-2-16-11-6-5-9(8-12-11)13-10(15)4-3-7-14/h5-6,8,14H,2-4,7H2,1H3,(H,13,15). The molecule has 0 aliphatic heterocycles. The molecule has 5 nitrogen and oxygen atoms in total. The largest absolute Gasteiger partial charge is 0.478 e. The molecule has 1 rings (SSSR count). The molecule has 0 bridgehead atoms. The monoisotopic (exact) mass is 224 g/mol. The summed E-state index contributed by atoms with van der Waals surface area (Å²) in [5, 5.41) is 11.2. The minimum Gasteiger partial charge on any atom is -0.478 e. The number of nitrogens with zero attached hydrogens (tertiary/aromatic N) is 1. The van der Waals surface area contributed by atoms with Gasteiger partial charge in [-0.3, -0.25) is 4.79 Å². The molecule has 0 atom stereocenters. The Labute approximate surface area is 94.5 Å². The highest BCUT2D eigenvalue weighted by Crippen LogP contribution is 2.11. The fraction of sp³-hybridized carbons (Fsp3) is 0.455. The van der Waals surface area contributed by atoms with E-state index in [0.717, 1.165) is 0 Å². The van der Waals surface area contributed by atoms with E-state index in [-0.39, 0.29) is 12.5 Å². The molecule has 1 aromatic rings. The van der Waals surface area contributed by atoms with Gasteiger partial charge in [0, 0.05) is 19.1 Å². The lowest BCUT2D eigenvalue weighted by atomic mass is 10.3. The molecule has 0 aliphatic rings. The molecule has 5 heteroatoms. The zero-order valence-corrected chi connectivity index (χ0v) is 9.27. The van der Waals surface area contributed by atoms with Gasteiger partial charge >= 0.3 is 0 Å². The van der Waals surface area contributed by atoms with Gasteiger partial charge in [-0.05, 0) is 19.4 Å². The quantitative estimate of drug-likeness (QED) is 0.761. The number of ether oxygens (including phenoxy) is 1. The van der Waals surface area contributed by atoms with Crippen molar-refractivity contribution < 1.29 is 14.6 Å². The Bertz CT molecular complexity index is 325. The number of aliphatic hydroxyl groups excluding tert-OH is 1. The third kappa shape index (κ3) is 4.27. The summed E-state index contributed by atoms with van der Waals surface area (Å²) in [5.74, 6) is 0.413. The van der Waals surface area contributed by atoms with Crippen LogP contribution in [0.1, 0.15) is 19.8 Å². The zero-order chi connectivity index (χ0) is 11.8. The predicted molar refractivity (Wildman–Crippen MR) is 60.4 cm³/mol. The fourth-order valence-electron chi connectivity index (χ4n) is 1.15. The van der Waals surface area contributed by atoms with E-state index >= 15 is 0 Å². The molecule has 0 aromatic carbocycles. The van der Waals surface area contributed by atoms with Crippen LogP contribution in [0.15, 0.2) is 18.3 Å². The van der Waals surface area contributed by atoms with Crippen molar-refractivity contribution in [1.29, 1.82) is 0 Å². The number of hydrogen-bond acceptors (Lipinski definition) is 4. The highest BCUT2D eigenvalue weighted by atomic mass is 16.5. The number of hydrogen-bond donors (Lipinski definition) is 2. The average Bonchev–Trinajstić information content (AvgIpc) is 2.29. The molecule has 0 radical (unpaired) electrons. The van der Waals surface area contributed by atoms with Crippen LogP contribution < -0.4 is 10.1 Å². The van der Waals surface area contributed by atoms with Crippen LogP contribution in [0.5, 0.6) is 5.88 Å². The van der Waals surface area contributed by atoms with Crippen molar-refractivity contribution in [2.75, 3.05) is 18.5 Å². The summed E-state index contributed by atoms with van der Waals surface area (Å²) in [5.41, 5.74) is 0.631. The van der Waals surface area contributed by atoms with E-state index < -0.39 is 0 Å². The summed E-state index contributed by atoms with van der Waals surface area (Å²) >= 11 is 0. The van der Waals surface area contributed by atoms with Gasteiger partial charge in [-0.2, -0.15) is 0 Å². The van der Waals surface area contributed by atoms with E-state index in [1.807, 2.05) is 6.92 Å². The molecule has 0 saturated heterocycles. The second-order valence-electron chi connectivity index (χ2n) is 3.19. The first-order valence-electron chi connectivity index (χ1n) is 5.25. The first kappa shape index (κ1) is 12.4. The molecule has 0 saturated carbocycles. The van der Waals surface area contributed by atoms with Crippen molar-refractivity contribution in [2.24, 2.45) is 0 Å². The molecule has 16 heavy (non-hydrogen) atoms. The van der Waals surface area contributed by atoms with Crippen molar-refractivity contribution in [2.45, 2.75) is 19.8 Å². The summed E-state index contributed by atoms with van der Waals surface area (Å²) in [4.78, 5) is 15.3. The topological polar surface area (TPSA) is 71.5 Å². The molecule has 0 spiro atoms. The third-order valence-electron chi connectivity index (χ3n) is 1.87. The first-order chi connectivity index (χ1) is 7.76. The number of carbonyl (C=O) groups is 1. The number of nitrogens with one attached hydrogen (secondary N) is 1. The summed E-state index contributed by atoms with van der Waals surface area (Å²) in [6.45, 7) is 2.47. The van der Waals surface area contributed by atoms with Gasteiger partial charge in [-0.25, -0.2) is 4.98 Å². The van der Waals surface area contributed by atoms with Crippen LogP contribution in [-0.4, -0.2) is 29.2 Å². The van der Waals surface area contributed by atoms with Crippen LogP contribution in [0.3, 0.4) is 0 Å². The van der Waals surface area contributed by atoms with Crippen molar-refractivity contribution in [1.82, 2.24) is 4.98 Å². The lowest BCUT2D eigenvalue weighted by Crippen LogP contribution is -2.11. The normalized spacial score (nSPS) is 9.88. The average molecular weight is 224 g/mol. The second-order valence-corrected chi connectivity index (χ2v) is 3.19. The number of carbonyl (C=O) groups excluding carboxylic acids is 1. The Morgan fingerprint density at radius 3 is 2.94 bits per heavy atom. The molecule has 1 heterocycles. The van der Waals surface area contributed by atoms with Crippen molar-refractivity contribution in [3.8, 4) is 5.88 Å². The van der Waals surface area contributed by atoms with E-state index in [9.17, 15) is 4.79 Å². The number of amides is 1. The van der Waals surface area contributed by atoms with Gasteiger partial charge in [-0.1, -0.05) is 0 Å². The highest BCUT2D eigenvalue weighted by molar-refractivity contribution is 5.90. The van der Waals surface area contributed by atoms with Crippen LogP contribution in [0.25, 0.3) is 0 Å². The maximum Gasteiger partial charge on any atom is 0.224 e. The first-order valence-corrected chi connectivity index (χ1v) is 5.25. The lowest BCUT2D eigenvalue weighted by molar-refractivity contribution is -0.116. The SMILES string of the molecule is CCOc1ccc(NC(=O)CCCO)cn1. The number of aliphatic hydroxyl groups is 1. The van der Waals surface area contributed by atoms with Gasteiger partial charge < -0.3 is 15.2 Å². The number of pyridine rings is 1. The molecule has 0 unspecified atom stereocenters. The maximum atomic E-state index is 11.3. The Balaban J connectivity index is 2.45. The molecule has 88 valence electrons. The summed E-state index contributed by atoms with van der Waals surface area (Å²) < 4.78 is 5.17. The van der Waals surface area contributed by atoms with Crippen LogP contribution in [0, 0.1) is 0 Å². The van der Waals surface area contributed by atoms with Crippen LogP contribution >= 0.6 is 0 Å². The summed E-state index contributed by atoms with van der Waals surface area (Å²) in [6, 6.07) is 3.43. The van der Waals surface area contributed by atoms with Crippen LogP contribution in [0.4, 0.5) is 5.69 Å². The lowest BCUT2D eigenvalue weighted by Gasteiger charge is -2.05. The third-order valence-corrected chi connectivity index (χ3v) is 1.87. The molecular weight excluding hydrogens is 208 g/mol. The van der Waals surface area contributed by atoms with Gasteiger partial charge in [-0.15, -0.1) is 0 Å². The Hall–Kier alpha value is -1.62. The molecule has 2 N–H and O–H groups in total. The van der Waals surface area contributed by atoms with E-state index in [0.29, 0.717) is 31.0 Å². The number of rotatable bonds is 6. The van der Waals surface area contributed by atoms with Crippen molar-refractivity contribution in [3.05, 3.63) is 18.3 Å². The van der Waals surface area contributed by atoms with Gasteiger partial charge in [0.2, 0.25) is 11.8 Å². The fourth-order valence-corrected chi connectivity index (χ4v) is 1.15. The van der Waals surface area contributed by atoms with Gasteiger partial charge in [0.1, 0.15) is 0 Å². The second kappa shape index (κ2) is 6.79. The van der Waals surface area contributed by atoms with E-state index in [2.05, 4.69) is 10.3 Å². The minimum atomic E-state index is -0.125. The Morgan fingerprint density at radius 2 is 2.38 bits per heavy atom. The van der Waals surface area contributed by atoms with E-state index in [1.165, 1.54) is 0 Å². The highest BCUT2D eigenvalue weighted by Gasteiger charge is 2.02. The Morgan fingerprint density at radius 1 is 1.56 bits per heavy atom. The van der Waals surface area contributed by atoms with Gasteiger partial charge in [0.25, 0.3) is 0 Å². The molecule has 0 fully saturated rings. The smallest absolute Gasteiger partial charge is 0.224 e. The Kier molecular flexibility index (Phi) is 5.28. The number of aromatic nitrogens is 1. The van der Waals surface area contributed by atoms with Crippen LogP contribution in [0.2, 0.25) is 0 Å². The molecule has 1 aromatic heterocycles. The summed E-state index contributed by atoms with van der Waals surface area (Å²) in [7, 11) is 0. The molecule has 0 aliphatic carbocycles. The summed E-state index contributed by atoms with van der Waals surface area (Å²) in [6.07, 6.45) is 2.32. The van der Waals surface area contributed by atoms with Gasteiger partial charge in [0.15, 0.2) is 0 Å². The minimum absolute atomic E-state index is 0.0228. The van der Waals surface area contributed by atoms with Crippen molar-refractivity contribution in [3.63, 3.8) is 0 Å². The maximum absolute atomic E-state index is 11.3. The van der Waals surface area contributed by atoms with E-state index in [1.54, 1.807) is 18.3 Å². The molecule has 1 amide bonds. The molecular formula is C11H16N2O3. The van der Waals surface area contributed by atoms with Crippen molar-refractivity contribution >= 4 is 11.6 Å².